The lowest BCUT2D eigenvalue weighted by Crippen LogP contribution is -2.40. The van der Waals surface area contributed by atoms with Gasteiger partial charge in [-0.3, -0.25) is 4.99 Å². The van der Waals surface area contributed by atoms with Crippen LogP contribution in [0.15, 0.2) is 23.2 Å². The van der Waals surface area contributed by atoms with Crippen LogP contribution in [0.1, 0.15) is 38.7 Å². The van der Waals surface area contributed by atoms with E-state index in [-0.39, 0.29) is 24.0 Å². The number of likely N-dealkylation sites (N-methyl/N-ethyl adjacent to an activating group) is 1. The summed E-state index contributed by atoms with van der Waals surface area (Å²) in [6.45, 7) is 8.39. The molecule has 0 aliphatic heterocycles. The topological polar surface area (TPSA) is 55.3 Å². The Kier molecular flexibility index (Phi) is 16.0. The number of benzene rings is 1. The Labute approximate surface area is 188 Å². The standard InChI is InChI=1S/C21H37N3O3.HI/c1-6-8-15-27-16-9-13-23-21(22-7-2)24(3)14-12-18-10-11-19(25-4)20(17-18)26-5;/h10-11,17H,6-9,12-16H2,1-5H3,(H,22,23);1H. The van der Waals surface area contributed by atoms with Crippen LogP contribution in [0.25, 0.3) is 0 Å². The van der Waals surface area contributed by atoms with Crippen LogP contribution in [-0.4, -0.2) is 65.0 Å². The van der Waals surface area contributed by atoms with Gasteiger partial charge < -0.3 is 24.4 Å². The van der Waals surface area contributed by atoms with Gasteiger partial charge in [0.25, 0.3) is 0 Å². The molecule has 0 heterocycles. The summed E-state index contributed by atoms with van der Waals surface area (Å²) in [7, 11) is 5.38. The minimum absolute atomic E-state index is 0. The highest BCUT2D eigenvalue weighted by atomic mass is 127. The Hall–Kier alpha value is -1.22. The number of aliphatic imine (C=N–C) groups is 1. The molecule has 0 aliphatic rings. The first-order valence-electron chi connectivity index (χ1n) is 9.94. The van der Waals surface area contributed by atoms with Gasteiger partial charge in [0.15, 0.2) is 17.5 Å². The predicted octanol–water partition coefficient (Wildman–Crippen LogP) is 3.97. The molecule has 0 saturated carbocycles. The largest absolute Gasteiger partial charge is 0.493 e. The Morgan fingerprint density at radius 3 is 2.43 bits per heavy atom. The highest BCUT2D eigenvalue weighted by molar-refractivity contribution is 14.0. The summed E-state index contributed by atoms with van der Waals surface area (Å²) in [6.07, 6.45) is 4.15. The van der Waals surface area contributed by atoms with Crippen molar-refractivity contribution in [2.75, 3.05) is 54.1 Å². The van der Waals surface area contributed by atoms with Gasteiger partial charge >= 0.3 is 0 Å². The Bertz CT molecular complexity index is 556. The van der Waals surface area contributed by atoms with Crippen molar-refractivity contribution in [2.45, 2.75) is 39.5 Å². The molecule has 0 atom stereocenters. The van der Waals surface area contributed by atoms with Gasteiger partial charge in [-0.2, -0.15) is 0 Å². The lowest BCUT2D eigenvalue weighted by atomic mass is 10.1. The molecule has 0 radical (unpaired) electrons. The van der Waals surface area contributed by atoms with Crippen molar-refractivity contribution in [3.63, 3.8) is 0 Å². The van der Waals surface area contributed by atoms with Crippen molar-refractivity contribution in [1.29, 1.82) is 0 Å². The number of unbranched alkanes of at least 4 members (excludes halogenated alkanes) is 1. The Morgan fingerprint density at radius 1 is 1.07 bits per heavy atom. The van der Waals surface area contributed by atoms with Crippen molar-refractivity contribution >= 4 is 29.9 Å². The molecule has 0 amide bonds. The second kappa shape index (κ2) is 16.7. The molecule has 28 heavy (non-hydrogen) atoms. The molecular formula is C21H38IN3O3. The maximum absolute atomic E-state index is 5.60. The van der Waals surface area contributed by atoms with E-state index in [1.807, 2.05) is 12.1 Å². The average Bonchev–Trinajstić information content (AvgIpc) is 2.70. The van der Waals surface area contributed by atoms with E-state index in [2.05, 4.69) is 37.2 Å². The molecule has 0 bridgehead atoms. The van der Waals surface area contributed by atoms with E-state index in [1.54, 1.807) is 14.2 Å². The molecule has 0 aliphatic carbocycles. The summed E-state index contributed by atoms with van der Waals surface area (Å²) in [5, 5.41) is 3.36. The van der Waals surface area contributed by atoms with E-state index in [4.69, 9.17) is 19.2 Å². The number of hydrogen-bond donors (Lipinski definition) is 1. The van der Waals surface area contributed by atoms with Crippen molar-refractivity contribution in [3.05, 3.63) is 23.8 Å². The zero-order valence-electron chi connectivity index (χ0n) is 18.1. The smallest absolute Gasteiger partial charge is 0.193 e. The van der Waals surface area contributed by atoms with Gasteiger partial charge in [-0.25, -0.2) is 0 Å². The summed E-state index contributed by atoms with van der Waals surface area (Å²) in [5.41, 5.74) is 1.21. The average molecular weight is 507 g/mol. The minimum Gasteiger partial charge on any atom is -0.493 e. The number of nitrogens with zero attached hydrogens (tertiary/aromatic N) is 2. The minimum atomic E-state index is 0. The number of guanidine groups is 1. The van der Waals surface area contributed by atoms with Crippen molar-refractivity contribution in [1.82, 2.24) is 10.2 Å². The van der Waals surface area contributed by atoms with Crippen LogP contribution in [0.2, 0.25) is 0 Å². The van der Waals surface area contributed by atoms with Crippen LogP contribution < -0.4 is 14.8 Å². The molecular weight excluding hydrogens is 469 g/mol. The summed E-state index contributed by atoms with van der Waals surface area (Å²) in [4.78, 5) is 6.88. The van der Waals surface area contributed by atoms with E-state index in [1.165, 1.54) is 12.0 Å². The fourth-order valence-electron chi connectivity index (χ4n) is 2.61. The van der Waals surface area contributed by atoms with Crippen LogP contribution >= 0.6 is 24.0 Å². The van der Waals surface area contributed by atoms with Crippen molar-refractivity contribution in [2.24, 2.45) is 4.99 Å². The quantitative estimate of drug-likeness (QED) is 0.190. The molecule has 0 unspecified atom stereocenters. The first kappa shape index (κ1) is 26.8. The van der Waals surface area contributed by atoms with Gasteiger partial charge in [-0.15, -0.1) is 24.0 Å². The zero-order chi connectivity index (χ0) is 19.9. The van der Waals surface area contributed by atoms with E-state index >= 15 is 0 Å². The fraction of sp³-hybridized carbons (Fsp3) is 0.667. The maximum Gasteiger partial charge on any atom is 0.193 e. The SMILES string of the molecule is CCCCOCCCN=C(NCC)N(C)CCc1ccc(OC)c(OC)c1.I. The van der Waals surface area contributed by atoms with Crippen molar-refractivity contribution < 1.29 is 14.2 Å². The highest BCUT2D eigenvalue weighted by Crippen LogP contribution is 2.27. The van der Waals surface area contributed by atoms with E-state index in [0.29, 0.717) is 0 Å². The van der Waals surface area contributed by atoms with Gasteiger partial charge in [-0.1, -0.05) is 19.4 Å². The summed E-state index contributed by atoms with van der Waals surface area (Å²) in [6, 6.07) is 6.06. The molecule has 0 spiro atoms. The van der Waals surface area contributed by atoms with Crippen LogP contribution in [0.5, 0.6) is 11.5 Å². The lowest BCUT2D eigenvalue weighted by molar-refractivity contribution is 0.130. The first-order valence-corrected chi connectivity index (χ1v) is 9.94. The Morgan fingerprint density at radius 2 is 1.79 bits per heavy atom. The third kappa shape index (κ3) is 10.4. The number of halogens is 1. The number of rotatable bonds is 13. The van der Waals surface area contributed by atoms with Crippen LogP contribution in [-0.2, 0) is 11.2 Å². The molecule has 1 rings (SSSR count). The van der Waals surface area contributed by atoms with Crippen LogP contribution in [0.3, 0.4) is 0 Å². The predicted molar refractivity (Wildman–Crippen MR) is 128 cm³/mol. The monoisotopic (exact) mass is 507 g/mol. The van der Waals surface area contributed by atoms with Gasteiger partial charge in [0.05, 0.1) is 14.2 Å². The lowest BCUT2D eigenvalue weighted by Gasteiger charge is -2.22. The Balaban J connectivity index is 0.00000729. The van der Waals surface area contributed by atoms with Crippen LogP contribution in [0, 0.1) is 0 Å². The second-order valence-electron chi connectivity index (χ2n) is 6.42. The maximum atomic E-state index is 5.60. The molecule has 162 valence electrons. The summed E-state index contributed by atoms with van der Waals surface area (Å²) >= 11 is 0. The normalized spacial score (nSPS) is 11.0. The first-order chi connectivity index (χ1) is 13.2. The van der Waals surface area contributed by atoms with E-state index < -0.39 is 0 Å². The fourth-order valence-corrected chi connectivity index (χ4v) is 2.61. The van der Waals surface area contributed by atoms with Gasteiger partial charge in [0.2, 0.25) is 0 Å². The number of ether oxygens (including phenoxy) is 3. The van der Waals surface area contributed by atoms with E-state index in [0.717, 1.165) is 69.6 Å². The van der Waals surface area contributed by atoms with E-state index in [9.17, 15) is 0 Å². The molecule has 6 nitrogen and oxygen atoms in total. The number of hydrogen-bond acceptors (Lipinski definition) is 4. The summed E-state index contributed by atoms with van der Waals surface area (Å²) in [5.74, 6) is 2.46. The second-order valence-corrected chi connectivity index (χ2v) is 6.42. The zero-order valence-corrected chi connectivity index (χ0v) is 20.5. The molecule has 1 aromatic rings. The van der Waals surface area contributed by atoms with Gasteiger partial charge in [0, 0.05) is 39.9 Å². The third-order valence-electron chi connectivity index (χ3n) is 4.23. The molecule has 0 saturated heterocycles. The number of methoxy groups -OCH3 is 2. The molecule has 1 N–H and O–H groups in total. The van der Waals surface area contributed by atoms with Crippen molar-refractivity contribution in [3.8, 4) is 11.5 Å². The summed E-state index contributed by atoms with van der Waals surface area (Å²) < 4.78 is 16.3. The van der Waals surface area contributed by atoms with Gasteiger partial charge in [0.1, 0.15) is 0 Å². The van der Waals surface area contributed by atoms with Gasteiger partial charge in [-0.05, 0) is 43.9 Å². The third-order valence-corrected chi connectivity index (χ3v) is 4.23. The highest BCUT2D eigenvalue weighted by Gasteiger charge is 2.08. The van der Waals surface area contributed by atoms with Crippen LogP contribution in [0.4, 0.5) is 0 Å². The molecule has 0 aromatic heterocycles. The molecule has 1 aromatic carbocycles. The molecule has 0 fully saturated rings. The molecule has 7 heteroatoms. The number of nitrogens with one attached hydrogen (secondary N) is 1.